The fraction of sp³-hybridized carbons (Fsp3) is 0.200. The van der Waals surface area contributed by atoms with Gasteiger partial charge in [-0.05, 0) is 31.2 Å². The van der Waals surface area contributed by atoms with Gasteiger partial charge in [0.1, 0.15) is 5.82 Å². The molecule has 0 aliphatic heterocycles. The van der Waals surface area contributed by atoms with Gasteiger partial charge in [-0.25, -0.2) is 4.98 Å². The summed E-state index contributed by atoms with van der Waals surface area (Å²) in [6.07, 6.45) is 1.68. The maximum Gasteiger partial charge on any atom is 0.258 e. The zero-order valence-corrected chi connectivity index (χ0v) is 11.3. The van der Waals surface area contributed by atoms with E-state index in [-0.39, 0.29) is 5.91 Å². The van der Waals surface area contributed by atoms with Crippen LogP contribution in [0.2, 0.25) is 0 Å². The molecule has 1 aromatic carbocycles. The van der Waals surface area contributed by atoms with Crippen molar-refractivity contribution in [3.05, 3.63) is 53.7 Å². The molecule has 0 saturated heterocycles. The number of benzene rings is 1. The summed E-state index contributed by atoms with van der Waals surface area (Å²) in [6, 6.07) is 11.3. The predicted octanol–water partition coefficient (Wildman–Crippen LogP) is 2.71. The van der Waals surface area contributed by atoms with Crippen molar-refractivity contribution in [2.45, 2.75) is 6.92 Å². The molecule has 0 atom stereocenters. The highest BCUT2D eigenvalue weighted by atomic mass is 16.2. The Bertz CT molecular complexity index is 578. The van der Waals surface area contributed by atoms with E-state index in [9.17, 15) is 4.79 Å². The van der Waals surface area contributed by atoms with Crippen LogP contribution in [-0.2, 0) is 0 Å². The van der Waals surface area contributed by atoms with E-state index < -0.39 is 0 Å². The number of pyridine rings is 1. The van der Waals surface area contributed by atoms with Crippen molar-refractivity contribution >= 4 is 17.4 Å². The molecular weight excluding hydrogens is 238 g/mol. The average molecular weight is 255 g/mol. The molecule has 0 unspecified atom stereocenters. The first kappa shape index (κ1) is 13.1. The number of nitrogens with zero attached hydrogens (tertiary/aromatic N) is 2. The molecule has 19 heavy (non-hydrogen) atoms. The number of aryl methyl sites for hydroxylation is 1. The maximum atomic E-state index is 12.3. The van der Waals surface area contributed by atoms with Gasteiger partial charge in [0, 0.05) is 19.7 Å². The Hall–Kier alpha value is -2.36. The Morgan fingerprint density at radius 2 is 2.05 bits per heavy atom. The van der Waals surface area contributed by atoms with E-state index in [2.05, 4.69) is 10.3 Å². The molecule has 98 valence electrons. The molecule has 0 aliphatic carbocycles. The molecular formula is C15H17N3O. The third-order valence-corrected chi connectivity index (χ3v) is 2.96. The lowest BCUT2D eigenvalue weighted by Gasteiger charge is -2.17. The first-order chi connectivity index (χ1) is 9.11. The zero-order valence-electron chi connectivity index (χ0n) is 11.3. The van der Waals surface area contributed by atoms with Crippen LogP contribution in [-0.4, -0.2) is 25.0 Å². The smallest absolute Gasteiger partial charge is 0.258 e. The van der Waals surface area contributed by atoms with Crippen LogP contribution in [0, 0.1) is 6.92 Å². The summed E-state index contributed by atoms with van der Waals surface area (Å²) in [5.41, 5.74) is 2.52. The molecule has 0 aliphatic rings. The number of aromatic nitrogens is 1. The number of carbonyl (C=O) groups excluding carboxylic acids is 1. The molecule has 2 aromatic rings. The summed E-state index contributed by atoms with van der Waals surface area (Å²) >= 11 is 0. The third-order valence-electron chi connectivity index (χ3n) is 2.96. The highest BCUT2D eigenvalue weighted by molar-refractivity contribution is 6.05. The maximum absolute atomic E-state index is 12.3. The Balaban J connectivity index is 2.23. The van der Waals surface area contributed by atoms with Crippen molar-refractivity contribution < 1.29 is 4.79 Å². The highest BCUT2D eigenvalue weighted by Crippen LogP contribution is 2.16. The molecule has 0 spiro atoms. The van der Waals surface area contributed by atoms with Gasteiger partial charge >= 0.3 is 0 Å². The van der Waals surface area contributed by atoms with E-state index >= 15 is 0 Å². The Morgan fingerprint density at radius 1 is 1.26 bits per heavy atom. The van der Waals surface area contributed by atoms with Crippen molar-refractivity contribution in [2.24, 2.45) is 0 Å². The number of rotatable bonds is 3. The lowest BCUT2D eigenvalue weighted by molar-refractivity contribution is 0.0993. The van der Waals surface area contributed by atoms with E-state index in [1.54, 1.807) is 18.1 Å². The number of hydrogen-bond donors (Lipinski definition) is 1. The predicted molar refractivity (Wildman–Crippen MR) is 77.7 cm³/mol. The summed E-state index contributed by atoms with van der Waals surface area (Å²) in [5, 5.41) is 2.95. The number of amides is 1. The van der Waals surface area contributed by atoms with Crippen LogP contribution in [0.25, 0.3) is 0 Å². The van der Waals surface area contributed by atoms with E-state index in [1.165, 1.54) is 0 Å². The van der Waals surface area contributed by atoms with Crippen LogP contribution in [0.5, 0.6) is 0 Å². The monoisotopic (exact) mass is 255 g/mol. The van der Waals surface area contributed by atoms with Gasteiger partial charge in [-0.1, -0.05) is 17.7 Å². The van der Waals surface area contributed by atoms with Gasteiger partial charge < -0.3 is 10.2 Å². The third kappa shape index (κ3) is 2.91. The molecule has 2 rings (SSSR count). The Kier molecular flexibility index (Phi) is 3.80. The van der Waals surface area contributed by atoms with Crippen molar-refractivity contribution in [3.8, 4) is 0 Å². The van der Waals surface area contributed by atoms with Crippen LogP contribution < -0.4 is 10.2 Å². The quantitative estimate of drug-likeness (QED) is 0.917. The molecule has 0 radical (unpaired) electrons. The van der Waals surface area contributed by atoms with E-state index in [0.717, 1.165) is 17.1 Å². The number of anilines is 2. The second-order valence-corrected chi connectivity index (χ2v) is 4.39. The second-order valence-electron chi connectivity index (χ2n) is 4.39. The minimum atomic E-state index is -0.0392. The molecule has 1 amide bonds. The first-order valence-electron chi connectivity index (χ1n) is 6.10. The van der Waals surface area contributed by atoms with Crippen LogP contribution in [0.15, 0.2) is 42.6 Å². The van der Waals surface area contributed by atoms with Crippen LogP contribution >= 0.6 is 0 Å². The molecule has 1 aromatic heterocycles. The molecule has 1 N–H and O–H groups in total. The van der Waals surface area contributed by atoms with Crippen molar-refractivity contribution in [2.75, 3.05) is 24.3 Å². The molecule has 4 nitrogen and oxygen atoms in total. The van der Waals surface area contributed by atoms with E-state index in [4.69, 9.17) is 0 Å². The van der Waals surface area contributed by atoms with Crippen LogP contribution in [0.1, 0.15) is 15.9 Å². The van der Waals surface area contributed by atoms with E-state index in [1.807, 2.05) is 50.4 Å². The fourth-order valence-corrected chi connectivity index (χ4v) is 1.82. The van der Waals surface area contributed by atoms with Crippen LogP contribution in [0.3, 0.4) is 0 Å². The largest absolute Gasteiger partial charge is 0.373 e. The van der Waals surface area contributed by atoms with Gasteiger partial charge in [-0.2, -0.15) is 0 Å². The Labute approximate surface area is 113 Å². The number of hydrogen-bond acceptors (Lipinski definition) is 3. The van der Waals surface area contributed by atoms with Gasteiger partial charge in [0.2, 0.25) is 0 Å². The van der Waals surface area contributed by atoms with Gasteiger partial charge in [0.15, 0.2) is 0 Å². The standard InChI is InChI=1S/C15H17N3O/c1-11-5-4-6-12(9-11)15(19)18(3)13-7-8-14(16-2)17-10-13/h4-10H,1-3H3,(H,16,17). The van der Waals surface area contributed by atoms with Gasteiger partial charge in [0.25, 0.3) is 5.91 Å². The van der Waals surface area contributed by atoms with E-state index in [0.29, 0.717) is 5.56 Å². The van der Waals surface area contributed by atoms with Crippen molar-refractivity contribution in [1.82, 2.24) is 4.98 Å². The summed E-state index contributed by atoms with van der Waals surface area (Å²) in [4.78, 5) is 18.1. The molecule has 0 fully saturated rings. The number of nitrogens with one attached hydrogen (secondary N) is 1. The lowest BCUT2D eigenvalue weighted by atomic mass is 10.1. The molecule has 0 saturated carbocycles. The van der Waals surface area contributed by atoms with Gasteiger partial charge in [-0.15, -0.1) is 0 Å². The SMILES string of the molecule is CNc1ccc(N(C)C(=O)c2cccc(C)c2)cn1. The lowest BCUT2D eigenvalue weighted by Crippen LogP contribution is -2.26. The van der Waals surface area contributed by atoms with Crippen molar-refractivity contribution in [1.29, 1.82) is 0 Å². The normalized spacial score (nSPS) is 10.1. The number of carbonyl (C=O) groups is 1. The average Bonchev–Trinajstić information content (AvgIpc) is 2.46. The van der Waals surface area contributed by atoms with Gasteiger partial charge in [-0.3, -0.25) is 4.79 Å². The summed E-state index contributed by atoms with van der Waals surface area (Å²) in [7, 11) is 3.56. The minimum Gasteiger partial charge on any atom is -0.373 e. The topological polar surface area (TPSA) is 45.2 Å². The highest BCUT2D eigenvalue weighted by Gasteiger charge is 2.13. The second kappa shape index (κ2) is 5.52. The molecule has 4 heteroatoms. The fourth-order valence-electron chi connectivity index (χ4n) is 1.82. The summed E-state index contributed by atoms with van der Waals surface area (Å²) in [5.74, 6) is 0.739. The molecule has 0 bridgehead atoms. The molecule has 1 heterocycles. The summed E-state index contributed by atoms with van der Waals surface area (Å²) < 4.78 is 0. The van der Waals surface area contributed by atoms with Gasteiger partial charge in [0.05, 0.1) is 11.9 Å². The summed E-state index contributed by atoms with van der Waals surface area (Å²) in [6.45, 7) is 1.97. The van der Waals surface area contributed by atoms with Crippen molar-refractivity contribution in [3.63, 3.8) is 0 Å². The minimum absolute atomic E-state index is 0.0392. The van der Waals surface area contributed by atoms with Crippen LogP contribution in [0.4, 0.5) is 11.5 Å². The zero-order chi connectivity index (χ0) is 13.8. The first-order valence-corrected chi connectivity index (χ1v) is 6.10. The Morgan fingerprint density at radius 3 is 2.63 bits per heavy atom.